The Bertz CT molecular complexity index is 1270. The van der Waals surface area contributed by atoms with Gasteiger partial charge in [0.25, 0.3) is 5.91 Å². The van der Waals surface area contributed by atoms with Crippen LogP contribution in [0.15, 0.2) is 42.5 Å². The van der Waals surface area contributed by atoms with Gasteiger partial charge in [0.15, 0.2) is 0 Å². The van der Waals surface area contributed by atoms with Crippen molar-refractivity contribution in [2.24, 2.45) is 0 Å². The summed E-state index contributed by atoms with van der Waals surface area (Å²) < 4.78 is 9.32. The lowest BCUT2D eigenvalue weighted by molar-refractivity contribution is -0.115. The number of likely N-dealkylation sites (N-methyl/N-ethyl adjacent to an activating group) is 1. The first kappa shape index (κ1) is 21.4. The number of phenolic OH excluding ortho intramolecular Hbond substituents is 1. The van der Waals surface area contributed by atoms with Crippen LogP contribution in [0.4, 0.5) is 5.69 Å². The number of phenols is 1. The molecule has 0 spiro atoms. The van der Waals surface area contributed by atoms with Gasteiger partial charge >= 0.3 is 0 Å². The maximum absolute atomic E-state index is 12.5. The van der Waals surface area contributed by atoms with Gasteiger partial charge in [-0.05, 0) is 69.4 Å². The predicted molar refractivity (Wildman–Crippen MR) is 126 cm³/mol. The number of amides is 1. The first-order chi connectivity index (χ1) is 14.8. The van der Waals surface area contributed by atoms with E-state index in [9.17, 15) is 9.90 Å². The number of thiol groups is 1. The van der Waals surface area contributed by atoms with E-state index in [1.54, 1.807) is 17.9 Å². The van der Waals surface area contributed by atoms with Crippen molar-refractivity contribution < 1.29 is 14.1 Å². The Hall–Kier alpha value is -2.84. The van der Waals surface area contributed by atoms with Crippen LogP contribution in [0, 0.1) is 6.92 Å². The molecule has 31 heavy (non-hydrogen) atoms. The number of aromatic hydroxyl groups is 1. The van der Waals surface area contributed by atoms with Crippen molar-refractivity contribution in [2.45, 2.75) is 46.6 Å². The molecule has 0 aliphatic carbocycles. The quantitative estimate of drug-likeness (QED) is 0.229. The molecule has 0 saturated heterocycles. The molecule has 1 atom stereocenters. The number of aromatic nitrogens is 3. The van der Waals surface area contributed by atoms with Crippen LogP contribution in [0.3, 0.4) is 0 Å². The van der Waals surface area contributed by atoms with Crippen LogP contribution in [-0.4, -0.2) is 31.6 Å². The molecule has 0 aliphatic rings. The van der Waals surface area contributed by atoms with Crippen molar-refractivity contribution in [1.82, 2.24) is 14.1 Å². The van der Waals surface area contributed by atoms with E-state index >= 15 is 0 Å². The average molecular weight is 441 g/mol. The molecule has 0 aliphatic heterocycles. The minimum atomic E-state index is -0.148. The SMILES string of the molecule is C=C(C)C(=O)N(CC)c1cc(O)c(-n2n3c4ccc(C(CCC)OS)cc4n23)cc1C. The molecule has 1 unspecified atom stereocenters. The lowest BCUT2D eigenvalue weighted by Gasteiger charge is -2.23. The second kappa shape index (κ2) is 8.01. The van der Waals surface area contributed by atoms with Crippen LogP contribution in [0.5, 0.6) is 5.75 Å². The topological polar surface area (TPSA) is 63.5 Å². The highest BCUT2D eigenvalue weighted by molar-refractivity contribution is 7.75. The summed E-state index contributed by atoms with van der Waals surface area (Å²) in [7, 11) is 0. The number of fused-ring (bicyclic) bond motifs is 4. The molecular formula is C23H28N4O3S. The largest absolute Gasteiger partial charge is 0.506 e. The number of nitrogens with zero attached hydrogens (tertiary/aromatic N) is 4. The van der Waals surface area contributed by atoms with Gasteiger partial charge in [0.1, 0.15) is 22.5 Å². The maximum Gasteiger partial charge on any atom is 0.253 e. The van der Waals surface area contributed by atoms with E-state index in [4.69, 9.17) is 4.18 Å². The highest BCUT2D eigenvalue weighted by atomic mass is 32.1. The molecule has 0 saturated carbocycles. The van der Waals surface area contributed by atoms with Crippen LogP contribution >= 0.6 is 12.9 Å². The minimum absolute atomic E-state index is 0.0538. The normalized spacial score (nSPS) is 12.8. The Morgan fingerprint density at radius 3 is 2.55 bits per heavy atom. The van der Waals surface area contributed by atoms with Crippen LogP contribution < -0.4 is 4.90 Å². The van der Waals surface area contributed by atoms with Gasteiger partial charge in [0.2, 0.25) is 0 Å². The third-order valence-electron chi connectivity index (χ3n) is 5.71. The number of hydrogen-bond donors (Lipinski definition) is 2. The standard InChI is InChI=1S/C23H28N4O3S/c1-6-8-22(30-31)16-9-10-17-19(12-16)26-25(17)27(26)20-11-15(5)18(13-21(20)28)24(7-2)23(29)14(3)4/h9-13,22,28,31H,3,6-8H2,1-2,4-5H3. The lowest BCUT2D eigenvalue weighted by atomic mass is 10.0. The number of carbonyl (C=O) groups excluding carboxylic acids is 1. The Morgan fingerprint density at radius 2 is 1.94 bits per heavy atom. The molecule has 2 aromatic carbocycles. The van der Waals surface area contributed by atoms with Gasteiger partial charge in [-0.1, -0.05) is 26.0 Å². The van der Waals surface area contributed by atoms with Gasteiger partial charge in [0, 0.05) is 18.2 Å². The summed E-state index contributed by atoms with van der Waals surface area (Å²) in [5.41, 5.74) is 5.90. The zero-order valence-corrected chi connectivity index (χ0v) is 19.2. The number of hydrogen-bond acceptors (Lipinski definition) is 4. The fourth-order valence-corrected chi connectivity index (χ4v) is 4.31. The molecule has 164 valence electrons. The third-order valence-corrected chi connectivity index (χ3v) is 5.97. The van der Waals surface area contributed by atoms with E-state index in [2.05, 4.69) is 44.6 Å². The summed E-state index contributed by atoms with van der Waals surface area (Å²) in [4.78, 5) is 16.0. The molecule has 0 fully saturated rings. The molecular weight excluding hydrogens is 412 g/mol. The van der Waals surface area contributed by atoms with Gasteiger partial charge in [-0.2, -0.15) is 0 Å². The fraction of sp³-hybridized carbons (Fsp3) is 0.348. The van der Waals surface area contributed by atoms with Crippen molar-refractivity contribution in [3.8, 4) is 11.4 Å². The number of benzene rings is 2. The third kappa shape index (κ3) is 3.40. The molecule has 1 N–H and O–H groups in total. The first-order valence-corrected chi connectivity index (χ1v) is 10.9. The number of rotatable bonds is 8. The zero-order chi connectivity index (χ0) is 22.4. The summed E-state index contributed by atoms with van der Waals surface area (Å²) in [5, 5.41) is 10.8. The summed E-state index contributed by atoms with van der Waals surface area (Å²) in [6.07, 6.45) is 1.85. The van der Waals surface area contributed by atoms with Crippen molar-refractivity contribution in [3.63, 3.8) is 0 Å². The van der Waals surface area contributed by atoms with E-state index in [1.807, 2.05) is 34.0 Å². The van der Waals surface area contributed by atoms with E-state index in [-0.39, 0.29) is 17.8 Å². The molecule has 0 radical (unpaired) electrons. The molecule has 8 heteroatoms. The Kier molecular flexibility index (Phi) is 5.53. The Labute approximate surface area is 187 Å². The maximum atomic E-state index is 12.5. The molecule has 7 nitrogen and oxygen atoms in total. The average Bonchev–Trinajstić information content (AvgIpc) is 3.41. The molecule has 2 aromatic heterocycles. The van der Waals surface area contributed by atoms with Gasteiger partial charge in [-0.3, -0.25) is 4.79 Å². The monoisotopic (exact) mass is 440 g/mol. The minimum Gasteiger partial charge on any atom is -0.506 e. The van der Waals surface area contributed by atoms with Gasteiger partial charge < -0.3 is 14.2 Å². The van der Waals surface area contributed by atoms with E-state index in [0.717, 1.165) is 35.0 Å². The first-order valence-electron chi connectivity index (χ1n) is 10.5. The van der Waals surface area contributed by atoms with Crippen LogP contribution in [0.25, 0.3) is 16.7 Å². The van der Waals surface area contributed by atoms with Crippen LogP contribution in [0.2, 0.25) is 0 Å². The summed E-state index contributed by atoms with van der Waals surface area (Å²) in [5.74, 6) is -0.0401. The number of aryl methyl sites for hydroxylation is 1. The van der Waals surface area contributed by atoms with Crippen molar-refractivity contribution >= 4 is 35.5 Å². The molecule has 4 rings (SSSR count). The highest BCUT2D eigenvalue weighted by Crippen LogP contribution is 2.36. The second-order valence-electron chi connectivity index (χ2n) is 7.96. The zero-order valence-electron chi connectivity index (χ0n) is 18.3. The fourth-order valence-electron chi connectivity index (χ4n) is 4.08. The van der Waals surface area contributed by atoms with Crippen molar-refractivity contribution in [1.29, 1.82) is 0 Å². The van der Waals surface area contributed by atoms with Crippen LogP contribution in [0.1, 0.15) is 50.8 Å². The smallest absolute Gasteiger partial charge is 0.253 e. The molecule has 1 amide bonds. The van der Waals surface area contributed by atoms with Crippen molar-refractivity contribution in [2.75, 3.05) is 11.4 Å². The van der Waals surface area contributed by atoms with Gasteiger partial charge in [0.05, 0.1) is 11.8 Å². The highest BCUT2D eigenvalue weighted by Gasteiger charge is 2.28. The van der Waals surface area contributed by atoms with E-state index in [1.165, 1.54) is 0 Å². The second-order valence-corrected chi connectivity index (χ2v) is 8.17. The summed E-state index contributed by atoms with van der Waals surface area (Å²) >= 11 is 4.03. The number of carbonyl (C=O) groups is 1. The van der Waals surface area contributed by atoms with Crippen molar-refractivity contribution in [3.05, 3.63) is 53.6 Å². The molecule has 0 bridgehead atoms. The van der Waals surface area contributed by atoms with E-state index in [0.29, 0.717) is 23.5 Å². The van der Waals surface area contributed by atoms with Crippen LogP contribution in [-0.2, 0) is 8.98 Å². The molecule has 2 heterocycles. The number of anilines is 1. The van der Waals surface area contributed by atoms with Gasteiger partial charge in [-0.15, -0.1) is 14.1 Å². The Morgan fingerprint density at radius 1 is 1.23 bits per heavy atom. The van der Waals surface area contributed by atoms with Gasteiger partial charge in [-0.25, -0.2) is 0 Å². The van der Waals surface area contributed by atoms with E-state index < -0.39 is 0 Å². The lowest BCUT2D eigenvalue weighted by Crippen LogP contribution is -2.31. The predicted octanol–water partition coefficient (Wildman–Crippen LogP) is 5.07. The Balaban J connectivity index is 1.72. The summed E-state index contributed by atoms with van der Waals surface area (Å²) in [6.45, 7) is 11.9. The molecule has 4 aromatic rings. The summed E-state index contributed by atoms with van der Waals surface area (Å²) in [6, 6.07) is 9.76.